The molecule has 0 heterocycles. The second-order valence-electron chi connectivity index (χ2n) is 6.02. The number of carboxylic acids is 1. The molecule has 152 valence electrons. The monoisotopic (exact) mass is 415 g/mol. The van der Waals surface area contributed by atoms with Crippen LogP contribution in [0.1, 0.15) is 22.3 Å². The molecule has 0 fully saturated rings. The number of rotatable bonds is 8. The van der Waals surface area contributed by atoms with E-state index in [0.717, 1.165) is 0 Å². The zero-order valence-electron chi connectivity index (χ0n) is 15.4. The minimum Gasteiger partial charge on any atom is -0.481 e. The van der Waals surface area contributed by atoms with Gasteiger partial charge in [-0.05, 0) is 36.2 Å². The van der Waals surface area contributed by atoms with Gasteiger partial charge in [0.15, 0.2) is 5.96 Å². The topological polar surface area (TPSA) is 160 Å². The molecule has 0 radical (unpaired) electrons. The molecule has 0 aliphatic heterocycles. The number of nitrogens with one attached hydrogen (secondary N) is 2. The number of anilines is 1. The van der Waals surface area contributed by atoms with E-state index >= 15 is 0 Å². The molecule has 10 heteroatoms. The smallest absolute Gasteiger partial charge is 0.303 e. The van der Waals surface area contributed by atoms with Crippen LogP contribution in [0.5, 0.6) is 0 Å². The summed E-state index contributed by atoms with van der Waals surface area (Å²) in [7, 11) is 0. The van der Waals surface area contributed by atoms with Gasteiger partial charge in [0.2, 0.25) is 5.91 Å². The summed E-state index contributed by atoms with van der Waals surface area (Å²) >= 11 is 4.36. The van der Waals surface area contributed by atoms with Crippen LogP contribution in [0.4, 0.5) is 11.4 Å². The molecule has 0 bridgehead atoms. The van der Waals surface area contributed by atoms with Crippen molar-refractivity contribution in [2.75, 3.05) is 11.9 Å². The highest BCUT2D eigenvalue weighted by atomic mass is 32.1. The van der Waals surface area contributed by atoms with E-state index in [2.05, 4.69) is 28.3 Å². The van der Waals surface area contributed by atoms with Gasteiger partial charge in [-0.2, -0.15) is 0 Å². The van der Waals surface area contributed by atoms with Crippen molar-refractivity contribution >= 4 is 47.7 Å². The summed E-state index contributed by atoms with van der Waals surface area (Å²) in [6.07, 6.45) is 0.251. The number of carbonyl (C=O) groups excluding carboxylic acids is 2. The molecule has 0 spiro atoms. The van der Waals surface area contributed by atoms with Crippen molar-refractivity contribution in [3.05, 3.63) is 53.6 Å². The van der Waals surface area contributed by atoms with E-state index in [0.29, 0.717) is 33.8 Å². The van der Waals surface area contributed by atoms with E-state index in [1.54, 1.807) is 36.4 Å². The lowest BCUT2D eigenvalue weighted by Gasteiger charge is -2.12. The first kappa shape index (κ1) is 21.8. The molecule has 0 atom stereocenters. The molecule has 7 N–H and O–H groups in total. The van der Waals surface area contributed by atoms with Gasteiger partial charge >= 0.3 is 5.97 Å². The SMILES string of the molecule is NC(N)=Nc1cccc(C(=O)NCC(=O)Nc2cccc(CCC(=O)O)c2S)c1. The molecule has 9 nitrogen and oxygen atoms in total. The van der Waals surface area contributed by atoms with Crippen LogP contribution in [-0.2, 0) is 16.0 Å². The third-order valence-electron chi connectivity index (χ3n) is 3.78. The fourth-order valence-electron chi connectivity index (χ4n) is 2.46. The van der Waals surface area contributed by atoms with Gasteiger partial charge < -0.3 is 27.2 Å². The fourth-order valence-corrected chi connectivity index (χ4v) is 2.78. The normalized spacial score (nSPS) is 10.1. The lowest BCUT2D eigenvalue weighted by Crippen LogP contribution is -2.33. The number of nitrogens with zero attached hydrogens (tertiary/aromatic N) is 1. The molecule has 0 unspecified atom stereocenters. The van der Waals surface area contributed by atoms with Crippen molar-refractivity contribution in [2.45, 2.75) is 17.7 Å². The molecule has 2 aromatic rings. The number of benzene rings is 2. The molecule has 0 saturated heterocycles. The van der Waals surface area contributed by atoms with Crippen molar-refractivity contribution in [1.29, 1.82) is 0 Å². The molecule has 0 aromatic heterocycles. The average Bonchev–Trinajstić information content (AvgIpc) is 2.66. The Balaban J connectivity index is 1.96. The van der Waals surface area contributed by atoms with E-state index < -0.39 is 17.8 Å². The van der Waals surface area contributed by atoms with Crippen LogP contribution in [-0.4, -0.2) is 35.4 Å². The molecule has 0 saturated carbocycles. The Labute approximate surface area is 172 Å². The zero-order chi connectivity index (χ0) is 21.4. The van der Waals surface area contributed by atoms with Gasteiger partial charge in [-0.3, -0.25) is 14.4 Å². The quantitative estimate of drug-likeness (QED) is 0.216. The minimum atomic E-state index is -0.918. The largest absolute Gasteiger partial charge is 0.481 e. The Hall–Kier alpha value is -3.53. The Morgan fingerprint density at radius 3 is 2.52 bits per heavy atom. The highest BCUT2D eigenvalue weighted by Crippen LogP contribution is 2.25. The number of carboxylic acid groups (broad SMARTS) is 1. The Morgan fingerprint density at radius 2 is 1.83 bits per heavy atom. The molecule has 0 aliphatic carbocycles. The van der Waals surface area contributed by atoms with Crippen molar-refractivity contribution < 1.29 is 19.5 Å². The van der Waals surface area contributed by atoms with Crippen LogP contribution >= 0.6 is 12.6 Å². The van der Waals surface area contributed by atoms with Gasteiger partial charge in [0, 0.05) is 16.9 Å². The third-order valence-corrected chi connectivity index (χ3v) is 4.31. The Morgan fingerprint density at radius 1 is 1.10 bits per heavy atom. The molecule has 29 heavy (non-hydrogen) atoms. The molecule has 2 amide bonds. The van der Waals surface area contributed by atoms with Crippen molar-refractivity contribution in [1.82, 2.24) is 5.32 Å². The van der Waals surface area contributed by atoms with Crippen LogP contribution in [0, 0.1) is 0 Å². The maximum Gasteiger partial charge on any atom is 0.303 e. The highest BCUT2D eigenvalue weighted by molar-refractivity contribution is 7.80. The fraction of sp³-hybridized carbons (Fsp3) is 0.158. The van der Waals surface area contributed by atoms with E-state index in [-0.39, 0.29) is 18.9 Å². The lowest BCUT2D eigenvalue weighted by molar-refractivity contribution is -0.137. The van der Waals surface area contributed by atoms with Crippen LogP contribution in [0.2, 0.25) is 0 Å². The van der Waals surface area contributed by atoms with Gasteiger partial charge in [0.05, 0.1) is 17.9 Å². The van der Waals surface area contributed by atoms with Crippen LogP contribution in [0.3, 0.4) is 0 Å². The predicted molar refractivity (Wildman–Crippen MR) is 113 cm³/mol. The summed E-state index contributed by atoms with van der Waals surface area (Å²) in [5.74, 6) is -1.97. The predicted octanol–water partition coefficient (Wildman–Crippen LogP) is 1.27. The second kappa shape index (κ2) is 10.1. The van der Waals surface area contributed by atoms with Gasteiger partial charge in [-0.15, -0.1) is 12.6 Å². The number of carbonyl (C=O) groups is 3. The van der Waals surface area contributed by atoms with Gasteiger partial charge in [-0.1, -0.05) is 18.2 Å². The zero-order valence-corrected chi connectivity index (χ0v) is 16.3. The second-order valence-corrected chi connectivity index (χ2v) is 6.47. The third kappa shape index (κ3) is 6.85. The van der Waals surface area contributed by atoms with E-state index in [1.165, 1.54) is 6.07 Å². The van der Waals surface area contributed by atoms with E-state index in [9.17, 15) is 14.4 Å². The summed E-state index contributed by atoms with van der Waals surface area (Å²) < 4.78 is 0. The van der Waals surface area contributed by atoms with Crippen LogP contribution in [0.15, 0.2) is 52.4 Å². The number of nitrogens with two attached hydrogens (primary N) is 2. The van der Waals surface area contributed by atoms with E-state index in [1.807, 2.05) is 0 Å². The number of aliphatic carboxylic acids is 1. The summed E-state index contributed by atoms with van der Waals surface area (Å²) in [5, 5.41) is 14.0. The maximum absolute atomic E-state index is 12.2. The summed E-state index contributed by atoms with van der Waals surface area (Å²) in [6, 6.07) is 11.4. The average molecular weight is 415 g/mol. The molecular weight excluding hydrogens is 394 g/mol. The minimum absolute atomic E-state index is 0.0417. The molecule has 2 rings (SSSR count). The number of aliphatic imine (C=N–C) groups is 1. The first-order chi connectivity index (χ1) is 13.8. The first-order valence-electron chi connectivity index (χ1n) is 8.56. The van der Waals surface area contributed by atoms with Crippen LogP contribution < -0.4 is 22.1 Å². The molecule has 0 aliphatic rings. The van der Waals surface area contributed by atoms with Crippen LogP contribution in [0.25, 0.3) is 0 Å². The lowest BCUT2D eigenvalue weighted by atomic mass is 10.1. The number of amides is 2. The van der Waals surface area contributed by atoms with Crippen molar-refractivity contribution in [2.24, 2.45) is 16.5 Å². The van der Waals surface area contributed by atoms with Crippen molar-refractivity contribution in [3.8, 4) is 0 Å². The number of aryl methyl sites for hydroxylation is 1. The molecular formula is C19H21N5O4S. The van der Waals surface area contributed by atoms with Gasteiger partial charge in [-0.25, -0.2) is 4.99 Å². The summed E-state index contributed by atoms with van der Waals surface area (Å²) in [6.45, 7) is -0.266. The first-order valence-corrected chi connectivity index (χ1v) is 9.01. The Bertz CT molecular complexity index is 957. The standard InChI is InChI=1S/C19H21N5O4S/c20-19(21)23-13-5-1-4-12(9-13)18(28)22-10-15(25)24-14-6-2-3-11(17(14)29)7-8-16(26)27/h1-6,9,29H,7-8,10H2,(H,22,28)(H,24,25)(H,26,27)(H4,20,21,23). The van der Waals surface area contributed by atoms with Gasteiger partial charge in [0.1, 0.15) is 0 Å². The molecule has 2 aromatic carbocycles. The number of thiol groups is 1. The van der Waals surface area contributed by atoms with E-state index in [4.69, 9.17) is 16.6 Å². The van der Waals surface area contributed by atoms with Gasteiger partial charge in [0.25, 0.3) is 5.91 Å². The number of hydrogen-bond donors (Lipinski definition) is 6. The summed E-state index contributed by atoms with van der Waals surface area (Å²) in [4.78, 5) is 39.5. The summed E-state index contributed by atoms with van der Waals surface area (Å²) in [5.41, 5.74) is 12.5. The Kier molecular flexibility index (Phi) is 7.61. The number of hydrogen-bond acceptors (Lipinski definition) is 5. The highest BCUT2D eigenvalue weighted by Gasteiger charge is 2.12. The van der Waals surface area contributed by atoms with Crippen molar-refractivity contribution in [3.63, 3.8) is 0 Å². The maximum atomic E-state index is 12.2. The number of guanidine groups is 1.